The van der Waals surface area contributed by atoms with E-state index in [0.29, 0.717) is 26.2 Å². The van der Waals surface area contributed by atoms with Crippen molar-refractivity contribution in [3.63, 3.8) is 0 Å². The first-order valence-corrected chi connectivity index (χ1v) is 9.80. The van der Waals surface area contributed by atoms with E-state index in [-0.39, 0.29) is 11.3 Å². The summed E-state index contributed by atoms with van der Waals surface area (Å²) in [5, 5.41) is 9.41. The smallest absolute Gasteiger partial charge is 0.225 e. The SMILES string of the molecule is CCCOc1cc(C)ccc1CN=C(NCC)NCCNC(=O)C(C)(C)C. The van der Waals surface area contributed by atoms with Crippen LogP contribution in [-0.2, 0) is 11.3 Å². The molecule has 1 aromatic carbocycles. The number of nitrogens with one attached hydrogen (secondary N) is 3. The van der Waals surface area contributed by atoms with Gasteiger partial charge in [0.1, 0.15) is 5.75 Å². The fraction of sp³-hybridized carbons (Fsp3) is 0.619. The molecular formula is C21H36N4O2. The Balaban J connectivity index is 2.64. The molecule has 27 heavy (non-hydrogen) atoms. The lowest BCUT2D eigenvalue weighted by Gasteiger charge is -2.18. The van der Waals surface area contributed by atoms with Crippen molar-refractivity contribution in [2.45, 2.75) is 54.5 Å². The predicted molar refractivity (Wildman–Crippen MR) is 112 cm³/mol. The van der Waals surface area contributed by atoms with Crippen LogP contribution in [0.5, 0.6) is 5.75 Å². The molecule has 6 nitrogen and oxygen atoms in total. The third-order valence-electron chi connectivity index (χ3n) is 3.82. The first-order valence-electron chi connectivity index (χ1n) is 9.80. The lowest BCUT2D eigenvalue weighted by atomic mass is 9.96. The topological polar surface area (TPSA) is 74.8 Å². The Labute approximate surface area is 164 Å². The standard InChI is InChI=1S/C21H36N4O2/c1-7-13-27-18-14-16(3)9-10-17(18)15-25-20(22-8-2)24-12-11-23-19(26)21(4,5)6/h9-10,14H,7-8,11-13,15H2,1-6H3,(H,23,26)(H2,22,24,25). The maximum Gasteiger partial charge on any atom is 0.225 e. The molecule has 0 radical (unpaired) electrons. The van der Waals surface area contributed by atoms with Gasteiger partial charge in [-0.05, 0) is 31.9 Å². The van der Waals surface area contributed by atoms with Gasteiger partial charge in [0.2, 0.25) is 5.91 Å². The largest absolute Gasteiger partial charge is 0.493 e. The highest BCUT2D eigenvalue weighted by atomic mass is 16.5. The van der Waals surface area contributed by atoms with Gasteiger partial charge in [0.05, 0.1) is 13.2 Å². The Morgan fingerprint density at radius 2 is 1.81 bits per heavy atom. The van der Waals surface area contributed by atoms with Gasteiger partial charge in [-0.15, -0.1) is 0 Å². The van der Waals surface area contributed by atoms with E-state index in [9.17, 15) is 4.79 Å². The zero-order chi connectivity index (χ0) is 20.3. The van der Waals surface area contributed by atoms with Crippen LogP contribution in [0.1, 0.15) is 52.2 Å². The predicted octanol–water partition coefficient (Wildman–Crippen LogP) is 3.00. The van der Waals surface area contributed by atoms with Gasteiger partial charge >= 0.3 is 0 Å². The van der Waals surface area contributed by atoms with Crippen LogP contribution >= 0.6 is 0 Å². The molecule has 0 aliphatic heterocycles. The summed E-state index contributed by atoms with van der Waals surface area (Å²) in [7, 11) is 0. The van der Waals surface area contributed by atoms with Crippen molar-refractivity contribution in [1.82, 2.24) is 16.0 Å². The van der Waals surface area contributed by atoms with E-state index in [1.165, 1.54) is 5.56 Å². The van der Waals surface area contributed by atoms with Crippen molar-refractivity contribution >= 4 is 11.9 Å². The van der Waals surface area contributed by atoms with E-state index in [0.717, 1.165) is 30.2 Å². The third-order valence-corrected chi connectivity index (χ3v) is 3.82. The van der Waals surface area contributed by atoms with Crippen molar-refractivity contribution < 1.29 is 9.53 Å². The summed E-state index contributed by atoms with van der Waals surface area (Å²) in [4.78, 5) is 16.5. The number of benzene rings is 1. The molecule has 0 bridgehead atoms. The molecule has 0 atom stereocenters. The molecule has 3 N–H and O–H groups in total. The number of rotatable bonds is 9. The summed E-state index contributed by atoms with van der Waals surface area (Å²) in [6.45, 7) is 15.1. The molecule has 0 spiro atoms. The van der Waals surface area contributed by atoms with Gasteiger partial charge in [-0.25, -0.2) is 4.99 Å². The quantitative estimate of drug-likeness (QED) is 0.352. The van der Waals surface area contributed by atoms with Gasteiger partial charge in [0, 0.05) is 30.6 Å². The van der Waals surface area contributed by atoms with Gasteiger partial charge in [-0.1, -0.05) is 39.8 Å². The molecule has 0 aromatic heterocycles. The second-order valence-electron chi connectivity index (χ2n) is 7.59. The molecule has 0 saturated heterocycles. The summed E-state index contributed by atoms with van der Waals surface area (Å²) in [5.74, 6) is 1.67. The highest BCUT2D eigenvalue weighted by molar-refractivity contribution is 5.81. The van der Waals surface area contributed by atoms with E-state index in [4.69, 9.17) is 4.74 Å². The molecule has 0 saturated carbocycles. The van der Waals surface area contributed by atoms with Crippen molar-refractivity contribution in [1.29, 1.82) is 0 Å². The fourth-order valence-corrected chi connectivity index (χ4v) is 2.27. The number of amides is 1. The maximum atomic E-state index is 11.9. The van der Waals surface area contributed by atoms with Gasteiger partial charge in [-0.3, -0.25) is 4.79 Å². The monoisotopic (exact) mass is 376 g/mol. The molecule has 6 heteroatoms. The van der Waals surface area contributed by atoms with E-state index in [1.807, 2.05) is 27.7 Å². The molecule has 0 aliphatic rings. The second kappa shape index (κ2) is 11.5. The minimum Gasteiger partial charge on any atom is -0.493 e. The van der Waals surface area contributed by atoms with Crippen LogP contribution in [0.15, 0.2) is 23.2 Å². The fourth-order valence-electron chi connectivity index (χ4n) is 2.27. The molecular weight excluding hydrogens is 340 g/mol. The Morgan fingerprint density at radius 1 is 1.11 bits per heavy atom. The van der Waals surface area contributed by atoms with Gasteiger partial charge in [-0.2, -0.15) is 0 Å². The average Bonchev–Trinajstić information content (AvgIpc) is 2.61. The van der Waals surface area contributed by atoms with Crippen LogP contribution < -0.4 is 20.7 Å². The zero-order valence-electron chi connectivity index (χ0n) is 17.7. The highest BCUT2D eigenvalue weighted by Gasteiger charge is 2.20. The third kappa shape index (κ3) is 8.80. The number of aliphatic imine (C=N–C) groups is 1. The molecule has 152 valence electrons. The second-order valence-corrected chi connectivity index (χ2v) is 7.59. The van der Waals surface area contributed by atoms with Crippen LogP contribution in [0, 0.1) is 12.3 Å². The number of guanidine groups is 1. The summed E-state index contributed by atoms with van der Waals surface area (Å²) in [5.41, 5.74) is 1.86. The van der Waals surface area contributed by atoms with Crippen LogP contribution in [0.2, 0.25) is 0 Å². The minimum atomic E-state index is -0.376. The number of hydrogen-bond donors (Lipinski definition) is 3. The molecule has 0 aliphatic carbocycles. The Morgan fingerprint density at radius 3 is 2.44 bits per heavy atom. The summed E-state index contributed by atoms with van der Waals surface area (Å²) < 4.78 is 5.86. The Kier molecular flexibility index (Phi) is 9.68. The van der Waals surface area contributed by atoms with Gasteiger partial charge in [0.25, 0.3) is 0 Å². The van der Waals surface area contributed by atoms with Crippen LogP contribution in [-0.4, -0.2) is 38.1 Å². The van der Waals surface area contributed by atoms with Crippen molar-refractivity contribution in [3.8, 4) is 5.75 Å². The number of carbonyl (C=O) groups is 1. The number of carbonyl (C=O) groups excluding carboxylic acids is 1. The van der Waals surface area contributed by atoms with Gasteiger partial charge in [0.15, 0.2) is 5.96 Å². The number of nitrogens with zero attached hydrogens (tertiary/aromatic N) is 1. The molecule has 0 unspecified atom stereocenters. The molecule has 0 heterocycles. The first kappa shape index (κ1) is 22.8. The lowest BCUT2D eigenvalue weighted by molar-refractivity contribution is -0.128. The summed E-state index contributed by atoms with van der Waals surface area (Å²) in [6, 6.07) is 6.20. The summed E-state index contributed by atoms with van der Waals surface area (Å²) >= 11 is 0. The van der Waals surface area contributed by atoms with Crippen LogP contribution in [0.3, 0.4) is 0 Å². The normalized spacial score (nSPS) is 11.9. The number of aryl methyl sites for hydroxylation is 1. The molecule has 0 fully saturated rings. The molecule has 1 aromatic rings. The van der Waals surface area contributed by atoms with Crippen LogP contribution in [0.4, 0.5) is 0 Å². The zero-order valence-corrected chi connectivity index (χ0v) is 17.7. The van der Waals surface area contributed by atoms with Crippen molar-refractivity contribution in [2.24, 2.45) is 10.4 Å². The lowest BCUT2D eigenvalue weighted by Crippen LogP contribution is -2.43. The highest BCUT2D eigenvalue weighted by Crippen LogP contribution is 2.21. The maximum absolute atomic E-state index is 11.9. The average molecular weight is 377 g/mol. The van der Waals surface area contributed by atoms with Crippen LogP contribution in [0.25, 0.3) is 0 Å². The summed E-state index contributed by atoms with van der Waals surface area (Å²) in [6.07, 6.45) is 0.973. The first-order chi connectivity index (χ1) is 12.8. The van der Waals surface area contributed by atoms with Crippen molar-refractivity contribution in [3.05, 3.63) is 29.3 Å². The molecule has 1 rings (SSSR count). The van der Waals surface area contributed by atoms with E-state index >= 15 is 0 Å². The van der Waals surface area contributed by atoms with E-state index < -0.39 is 0 Å². The van der Waals surface area contributed by atoms with Crippen molar-refractivity contribution in [2.75, 3.05) is 26.2 Å². The Bertz CT molecular complexity index is 621. The van der Waals surface area contributed by atoms with Gasteiger partial charge < -0.3 is 20.7 Å². The number of ether oxygens (including phenoxy) is 1. The molecule has 1 amide bonds. The minimum absolute atomic E-state index is 0.0450. The van der Waals surface area contributed by atoms with E-state index in [1.54, 1.807) is 0 Å². The number of hydrogen-bond acceptors (Lipinski definition) is 3. The Hall–Kier alpha value is -2.24. The van der Waals surface area contributed by atoms with E-state index in [2.05, 4.69) is 53.0 Å².